The van der Waals surface area contributed by atoms with Crippen molar-refractivity contribution in [2.45, 2.75) is 26.1 Å². The number of rotatable bonds is 3. The largest absolute Gasteiger partial charge is 1.00 e. The zero-order valence-corrected chi connectivity index (χ0v) is 8.53. The fourth-order valence-corrected chi connectivity index (χ4v) is 4.37. The standard InChI is InChI=1S/C5H13NOSi2/c1-4-9(5-6)7-8(2)3/h8-9H,4H2,1-3H3/p+1. The first-order chi connectivity index (χ1) is 4.20. The van der Waals surface area contributed by atoms with Crippen LogP contribution < -0.4 is 0 Å². The second kappa shape index (κ2) is 4.73. The number of hydrogen-bond acceptors (Lipinski definition) is 2. The predicted molar refractivity (Wildman–Crippen MR) is 44.3 cm³/mol. The summed E-state index contributed by atoms with van der Waals surface area (Å²) in [5.41, 5.74) is 2.23. The molecule has 0 aromatic rings. The lowest BCUT2D eigenvalue weighted by molar-refractivity contribution is 0.607. The molecule has 0 saturated heterocycles. The van der Waals surface area contributed by atoms with Crippen LogP contribution in [0.4, 0.5) is 0 Å². The van der Waals surface area contributed by atoms with Crippen LogP contribution in [0.5, 0.6) is 0 Å². The molecule has 0 saturated carbocycles. The van der Waals surface area contributed by atoms with Crippen LogP contribution in [0.25, 0.3) is 0 Å². The Bertz CT molecular complexity index is 115. The van der Waals surface area contributed by atoms with Crippen molar-refractivity contribution in [1.29, 1.82) is 5.26 Å². The topological polar surface area (TPSA) is 33.0 Å². The van der Waals surface area contributed by atoms with Crippen molar-refractivity contribution in [1.82, 2.24) is 0 Å². The van der Waals surface area contributed by atoms with Crippen LogP contribution >= 0.6 is 0 Å². The molecule has 0 heterocycles. The Morgan fingerprint density at radius 1 is 1.67 bits per heavy atom. The normalized spacial score (nSPS) is 13.2. The summed E-state index contributed by atoms with van der Waals surface area (Å²) in [6.07, 6.45) is 0. The molecule has 1 atom stereocenters. The van der Waals surface area contributed by atoms with Gasteiger partial charge in [-0.1, -0.05) is 6.92 Å². The molecule has 0 aromatic heterocycles. The minimum Gasteiger partial charge on any atom is -0.450 e. The molecular weight excluding hydrogens is 146 g/mol. The average Bonchev–Trinajstić information content (AvgIpc) is 1.82. The van der Waals surface area contributed by atoms with Crippen LogP contribution in [-0.4, -0.2) is 18.1 Å². The highest BCUT2D eigenvalue weighted by molar-refractivity contribution is 6.69. The minimum absolute atomic E-state index is 0. The summed E-state index contributed by atoms with van der Waals surface area (Å²) >= 11 is 0. The van der Waals surface area contributed by atoms with E-state index in [4.69, 9.17) is 9.38 Å². The highest BCUT2D eigenvalue weighted by atomic mass is 28.4. The summed E-state index contributed by atoms with van der Waals surface area (Å²) in [5.74, 6) is 0. The van der Waals surface area contributed by atoms with Gasteiger partial charge >= 0.3 is 1.43 Å². The van der Waals surface area contributed by atoms with Gasteiger partial charge in [0.15, 0.2) is 9.04 Å². The Balaban J connectivity index is 0. The fourth-order valence-electron chi connectivity index (χ4n) is 0.546. The molecule has 0 aliphatic carbocycles. The number of nitrogens with zero attached hydrogens (tertiary/aromatic N) is 1. The first-order valence-corrected chi connectivity index (χ1v) is 7.90. The van der Waals surface area contributed by atoms with E-state index < -0.39 is 18.1 Å². The molecule has 0 fully saturated rings. The van der Waals surface area contributed by atoms with Gasteiger partial charge in [-0.05, 0) is 19.1 Å². The highest BCUT2D eigenvalue weighted by Gasteiger charge is 2.08. The molecule has 1 unspecified atom stereocenters. The zero-order valence-electron chi connectivity index (χ0n) is 7.22. The van der Waals surface area contributed by atoms with Crippen LogP contribution in [-0.2, 0) is 4.12 Å². The number of nitriles is 1. The van der Waals surface area contributed by atoms with E-state index in [1.807, 2.05) is 6.92 Å². The van der Waals surface area contributed by atoms with E-state index in [1.54, 1.807) is 0 Å². The van der Waals surface area contributed by atoms with E-state index in [0.717, 1.165) is 6.04 Å². The van der Waals surface area contributed by atoms with Crippen molar-refractivity contribution in [3.8, 4) is 5.69 Å². The highest BCUT2D eigenvalue weighted by Crippen LogP contribution is 1.94. The van der Waals surface area contributed by atoms with E-state index in [2.05, 4.69) is 18.8 Å². The molecule has 9 heavy (non-hydrogen) atoms. The van der Waals surface area contributed by atoms with Crippen molar-refractivity contribution in [3.63, 3.8) is 0 Å². The van der Waals surface area contributed by atoms with E-state index in [1.165, 1.54) is 0 Å². The summed E-state index contributed by atoms with van der Waals surface area (Å²) in [4.78, 5) is 0. The maximum atomic E-state index is 8.48. The van der Waals surface area contributed by atoms with Crippen LogP contribution in [0.1, 0.15) is 8.35 Å². The lowest BCUT2D eigenvalue weighted by atomic mass is 11.0. The van der Waals surface area contributed by atoms with Crippen molar-refractivity contribution < 1.29 is 5.54 Å². The van der Waals surface area contributed by atoms with Gasteiger partial charge < -0.3 is 4.12 Å². The van der Waals surface area contributed by atoms with Gasteiger partial charge in [0.1, 0.15) is 0 Å². The molecule has 0 spiro atoms. The van der Waals surface area contributed by atoms with Crippen molar-refractivity contribution in [3.05, 3.63) is 0 Å². The van der Waals surface area contributed by atoms with Gasteiger partial charge in [-0.3, -0.25) is 0 Å². The molecule has 52 valence electrons. The first-order valence-electron chi connectivity index (χ1n) is 3.25. The molecule has 0 aliphatic heterocycles. The second-order valence-corrected chi connectivity index (χ2v) is 7.45. The summed E-state index contributed by atoms with van der Waals surface area (Å²) in [7, 11) is -2.31. The Labute approximate surface area is 61.4 Å². The van der Waals surface area contributed by atoms with E-state index >= 15 is 0 Å². The molecule has 0 aliphatic rings. The third kappa shape index (κ3) is 4.39. The quantitative estimate of drug-likeness (QED) is 0.575. The Kier molecular flexibility index (Phi) is 4.67. The molecule has 0 rings (SSSR count). The summed E-state index contributed by atoms with van der Waals surface area (Å²) < 4.78 is 5.47. The van der Waals surface area contributed by atoms with Crippen molar-refractivity contribution >= 4 is 18.1 Å². The summed E-state index contributed by atoms with van der Waals surface area (Å²) in [5, 5.41) is 8.48. The smallest absolute Gasteiger partial charge is 0.450 e. The van der Waals surface area contributed by atoms with Gasteiger partial charge in [0.25, 0.3) is 9.04 Å². The van der Waals surface area contributed by atoms with Gasteiger partial charge in [0.05, 0.1) is 5.69 Å². The van der Waals surface area contributed by atoms with E-state index in [-0.39, 0.29) is 1.43 Å². The average molecular weight is 160 g/mol. The predicted octanol–water partition coefficient (Wildman–Crippen LogP) is 0.905. The maximum Gasteiger partial charge on any atom is 1.00 e. The molecule has 0 aromatic carbocycles. The third-order valence-corrected chi connectivity index (χ3v) is 5.47. The van der Waals surface area contributed by atoms with Gasteiger partial charge in [-0.25, -0.2) is 5.26 Å². The molecule has 0 N–H and O–H groups in total. The molecular formula is C5H14NOSi2+. The zero-order chi connectivity index (χ0) is 7.28. The van der Waals surface area contributed by atoms with Gasteiger partial charge in [0, 0.05) is 0 Å². The SMILES string of the molecule is CC[SiH](C#N)O[SiH](C)C.[H+]. The Morgan fingerprint density at radius 3 is 2.33 bits per heavy atom. The van der Waals surface area contributed by atoms with Gasteiger partial charge in [-0.15, -0.1) is 0 Å². The van der Waals surface area contributed by atoms with Gasteiger partial charge in [0.2, 0.25) is 0 Å². The molecule has 0 amide bonds. The summed E-state index contributed by atoms with van der Waals surface area (Å²) in [6, 6.07) is 0.946. The molecule has 2 nitrogen and oxygen atoms in total. The van der Waals surface area contributed by atoms with Crippen LogP contribution in [0.3, 0.4) is 0 Å². The molecule has 0 radical (unpaired) electrons. The molecule has 0 bridgehead atoms. The third-order valence-electron chi connectivity index (χ3n) is 0.951. The van der Waals surface area contributed by atoms with Gasteiger partial charge in [-0.2, -0.15) is 0 Å². The summed E-state index contributed by atoms with van der Waals surface area (Å²) in [6.45, 7) is 6.23. The molecule has 4 heteroatoms. The van der Waals surface area contributed by atoms with E-state index in [0.29, 0.717) is 0 Å². The van der Waals surface area contributed by atoms with Crippen molar-refractivity contribution in [2.24, 2.45) is 0 Å². The van der Waals surface area contributed by atoms with Crippen LogP contribution in [0.2, 0.25) is 19.1 Å². The number of hydrogen-bond donors (Lipinski definition) is 0. The second-order valence-electron chi connectivity index (χ2n) is 2.21. The monoisotopic (exact) mass is 160 g/mol. The Hall–Kier alpha value is -0.116. The fraction of sp³-hybridized carbons (Fsp3) is 0.800. The van der Waals surface area contributed by atoms with Crippen LogP contribution in [0.15, 0.2) is 0 Å². The lowest BCUT2D eigenvalue weighted by Gasteiger charge is -2.08. The van der Waals surface area contributed by atoms with E-state index in [9.17, 15) is 0 Å². The maximum absolute atomic E-state index is 8.48. The minimum atomic E-state index is -1.38. The first kappa shape index (κ1) is 8.88. The Morgan fingerprint density at radius 2 is 2.22 bits per heavy atom. The van der Waals surface area contributed by atoms with Crippen molar-refractivity contribution in [2.75, 3.05) is 0 Å². The lowest BCUT2D eigenvalue weighted by Crippen LogP contribution is -2.22. The van der Waals surface area contributed by atoms with Crippen LogP contribution in [0, 0.1) is 11.0 Å².